The summed E-state index contributed by atoms with van der Waals surface area (Å²) in [4.78, 5) is 2.27. The molecule has 1 rings (SSSR count). The SMILES string of the molecule is C#CCN(CC)CCNC1CC1. The molecule has 0 bridgehead atoms. The molecule has 0 aromatic carbocycles. The Kier molecular flexibility index (Phi) is 4.13. The summed E-state index contributed by atoms with van der Waals surface area (Å²) in [5, 5.41) is 3.47. The van der Waals surface area contributed by atoms with Crippen LogP contribution in [0.2, 0.25) is 0 Å². The van der Waals surface area contributed by atoms with Crippen molar-refractivity contribution < 1.29 is 0 Å². The second-order valence-corrected chi connectivity index (χ2v) is 3.30. The van der Waals surface area contributed by atoms with E-state index in [2.05, 4.69) is 23.1 Å². The van der Waals surface area contributed by atoms with Gasteiger partial charge < -0.3 is 5.32 Å². The average Bonchev–Trinajstić information content (AvgIpc) is 2.87. The quantitative estimate of drug-likeness (QED) is 0.584. The van der Waals surface area contributed by atoms with Gasteiger partial charge in [0.25, 0.3) is 0 Å². The van der Waals surface area contributed by atoms with Crippen molar-refractivity contribution in [1.82, 2.24) is 10.2 Å². The van der Waals surface area contributed by atoms with Gasteiger partial charge in [-0.25, -0.2) is 0 Å². The molecule has 68 valence electrons. The summed E-state index contributed by atoms with van der Waals surface area (Å²) in [6.45, 7) is 6.14. The van der Waals surface area contributed by atoms with E-state index in [0.29, 0.717) is 0 Å². The van der Waals surface area contributed by atoms with Gasteiger partial charge in [-0.2, -0.15) is 0 Å². The highest BCUT2D eigenvalue weighted by atomic mass is 15.1. The predicted octanol–water partition coefficient (Wildman–Crippen LogP) is 0.694. The molecule has 1 saturated carbocycles. The topological polar surface area (TPSA) is 15.3 Å². The number of rotatable bonds is 6. The molecule has 12 heavy (non-hydrogen) atoms. The van der Waals surface area contributed by atoms with Crippen molar-refractivity contribution in [3.63, 3.8) is 0 Å². The first-order valence-electron chi connectivity index (χ1n) is 4.76. The van der Waals surface area contributed by atoms with Crippen molar-refractivity contribution >= 4 is 0 Å². The summed E-state index contributed by atoms with van der Waals surface area (Å²) in [5.74, 6) is 2.67. The van der Waals surface area contributed by atoms with Gasteiger partial charge in [-0.05, 0) is 19.4 Å². The van der Waals surface area contributed by atoms with E-state index in [-0.39, 0.29) is 0 Å². The first kappa shape index (κ1) is 9.57. The van der Waals surface area contributed by atoms with Crippen LogP contribution in [0.4, 0.5) is 0 Å². The van der Waals surface area contributed by atoms with Crippen LogP contribution in [0.1, 0.15) is 19.8 Å². The molecular formula is C10H18N2. The lowest BCUT2D eigenvalue weighted by atomic mass is 10.4. The normalized spacial score (nSPS) is 16.4. The molecule has 1 aliphatic rings. The molecule has 1 N–H and O–H groups in total. The maximum atomic E-state index is 5.24. The minimum Gasteiger partial charge on any atom is -0.313 e. The molecule has 0 heterocycles. The molecule has 0 amide bonds. The van der Waals surface area contributed by atoms with Crippen LogP contribution in [-0.2, 0) is 0 Å². The van der Waals surface area contributed by atoms with Crippen LogP contribution in [0.3, 0.4) is 0 Å². The van der Waals surface area contributed by atoms with Crippen LogP contribution in [0.5, 0.6) is 0 Å². The van der Waals surface area contributed by atoms with Gasteiger partial charge in [0.05, 0.1) is 6.54 Å². The summed E-state index contributed by atoms with van der Waals surface area (Å²) in [7, 11) is 0. The molecule has 0 radical (unpaired) electrons. The molecule has 0 aromatic heterocycles. The maximum absolute atomic E-state index is 5.24. The lowest BCUT2D eigenvalue weighted by molar-refractivity contribution is 0.321. The number of nitrogens with one attached hydrogen (secondary N) is 1. The predicted molar refractivity (Wildman–Crippen MR) is 52.0 cm³/mol. The molecule has 0 aliphatic heterocycles. The van der Waals surface area contributed by atoms with Gasteiger partial charge in [-0.3, -0.25) is 4.90 Å². The van der Waals surface area contributed by atoms with Gasteiger partial charge >= 0.3 is 0 Å². The first-order valence-corrected chi connectivity index (χ1v) is 4.76. The Morgan fingerprint density at radius 3 is 2.83 bits per heavy atom. The van der Waals surface area contributed by atoms with Gasteiger partial charge in [0, 0.05) is 19.1 Å². The van der Waals surface area contributed by atoms with Crippen molar-refractivity contribution in [2.24, 2.45) is 0 Å². The van der Waals surface area contributed by atoms with Crippen LogP contribution in [0, 0.1) is 12.3 Å². The van der Waals surface area contributed by atoms with Crippen LogP contribution in [-0.4, -0.2) is 37.1 Å². The minimum atomic E-state index is 0.781. The summed E-state index contributed by atoms with van der Waals surface area (Å²) in [5.41, 5.74) is 0. The van der Waals surface area contributed by atoms with Crippen LogP contribution >= 0.6 is 0 Å². The lowest BCUT2D eigenvalue weighted by Crippen LogP contribution is -2.33. The van der Waals surface area contributed by atoms with Crippen molar-refractivity contribution in [1.29, 1.82) is 0 Å². The average molecular weight is 166 g/mol. The number of hydrogen-bond donors (Lipinski definition) is 1. The van der Waals surface area contributed by atoms with Gasteiger partial charge in [0.2, 0.25) is 0 Å². The fraction of sp³-hybridized carbons (Fsp3) is 0.800. The zero-order valence-corrected chi connectivity index (χ0v) is 7.84. The third-order valence-electron chi connectivity index (χ3n) is 2.20. The first-order chi connectivity index (χ1) is 5.86. The second kappa shape index (κ2) is 5.18. The molecule has 0 saturated heterocycles. The third-order valence-corrected chi connectivity index (χ3v) is 2.20. The molecule has 0 unspecified atom stereocenters. The summed E-state index contributed by atoms with van der Waals surface area (Å²) >= 11 is 0. The number of terminal acetylenes is 1. The zero-order valence-electron chi connectivity index (χ0n) is 7.84. The van der Waals surface area contributed by atoms with E-state index in [9.17, 15) is 0 Å². The van der Waals surface area contributed by atoms with E-state index in [1.807, 2.05) is 0 Å². The Morgan fingerprint density at radius 2 is 2.33 bits per heavy atom. The highest BCUT2D eigenvalue weighted by Crippen LogP contribution is 2.17. The molecule has 1 aliphatic carbocycles. The van der Waals surface area contributed by atoms with Crippen molar-refractivity contribution in [2.45, 2.75) is 25.8 Å². The largest absolute Gasteiger partial charge is 0.313 e. The Labute approximate surface area is 75.3 Å². The Bertz CT molecular complexity index is 156. The summed E-state index contributed by atoms with van der Waals surface area (Å²) < 4.78 is 0. The summed E-state index contributed by atoms with van der Waals surface area (Å²) in [6, 6.07) is 0.814. The Balaban J connectivity index is 1.97. The lowest BCUT2D eigenvalue weighted by Gasteiger charge is -2.17. The fourth-order valence-corrected chi connectivity index (χ4v) is 1.19. The van der Waals surface area contributed by atoms with Crippen LogP contribution in [0.25, 0.3) is 0 Å². The highest BCUT2D eigenvalue weighted by molar-refractivity contribution is 4.88. The molecule has 0 spiro atoms. The molecule has 0 aromatic rings. The van der Waals surface area contributed by atoms with E-state index in [1.54, 1.807) is 0 Å². The monoisotopic (exact) mass is 166 g/mol. The molecule has 0 atom stereocenters. The standard InChI is InChI=1S/C10H18N2/c1-3-8-12(4-2)9-7-11-10-5-6-10/h1,10-11H,4-9H2,2H3. The molecule has 2 nitrogen and oxygen atoms in total. The zero-order chi connectivity index (χ0) is 8.81. The van der Waals surface area contributed by atoms with Gasteiger partial charge in [0.1, 0.15) is 0 Å². The number of hydrogen-bond acceptors (Lipinski definition) is 2. The Morgan fingerprint density at radius 1 is 1.58 bits per heavy atom. The van der Waals surface area contributed by atoms with E-state index in [1.165, 1.54) is 12.8 Å². The van der Waals surface area contributed by atoms with Crippen molar-refractivity contribution in [3.05, 3.63) is 0 Å². The molecule has 1 fully saturated rings. The Hall–Kier alpha value is -0.520. The van der Waals surface area contributed by atoms with Gasteiger partial charge in [0.15, 0.2) is 0 Å². The van der Waals surface area contributed by atoms with Gasteiger partial charge in [-0.1, -0.05) is 12.8 Å². The van der Waals surface area contributed by atoms with E-state index < -0.39 is 0 Å². The van der Waals surface area contributed by atoms with Gasteiger partial charge in [-0.15, -0.1) is 6.42 Å². The molecular weight excluding hydrogens is 148 g/mol. The van der Waals surface area contributed by atoms with Crippen LogP contribution in [0.15, 0.2) is 0 Å². The third kappa shape index (κ3) is 3.75. The highest BCUT2D eigenvalue weighted by Gasteiger charge is 2.19. The fourth-order valence-electron chi connectivity index (χ4n) is 1.19. The van der Waals surface area contributed by atoms with Crippen LogP contribution < -0.4 is 5.32 Å². The van der Waals surface area contributed by atoms with Crippen molar-refractivity contribution in [3.8, 4) is 12.3 Å². The minimum absolute atomic E-state index is 0.781. The number of nitrogens with zero attached hydrogens (tertiary/aromatic N) is 1. The number of likely N-dealkylation sites (N-methyl/N-ethyl adjacent to an activating group) is 1. The molecule has 2 heteroatoms. The second-order valence-electron chi connectivity index (χ2n) is 3.30. The van der Waals surface area contributed by atoms with E-state index in [4.69, 9.17) is 6.42 Å². The van der Waals surface area contributed by atoms with Crippen molar-refractivity contribution in [2.75, 3.05) is 26.2 Å². The maximum Gasteiger partial charge on any atom is 0.0599 e. The van der Waals surface area contributed by atoms with E-state index in [0.717, 1.165) is 32.2 Å². The summed E-state index contributed by atoms with van der Waals surface area (Å²) in [6.07, 6.45) is 7.96. The smallest absolute Gasteiger partial charge is 0.0599 e. The van der Waals surface area contributed by atoms with E-state index >= 15 is 0 Å².